The predicted octanol–water partition coefficient (Wildman–Crippen LogP) is 1.94. The number of aromatic nitrogens is 2. The molecule has 0 bridgehead atoms. The molecule has 7 nitrogen and oxygen atoms in total. The zero-order chi connectivity index (χ0) is 19.2. The predicted molar refractivity (Wildman–Crippen MR) is 106 cm³/mol. The van der Waals surface area contributed by atoms with Gasteiger partial charge in [-0.1, -0.05) is 24.3 Å². The van der Waals surface area contributed by atoms with Crippen molar-refractivity contribution in [2.45, 2.75) is 0 Å². The smallest absolute Gasteiger partial charge is 0.257 e. The van der Waals surface area contributed by atoms with Crippen LogP contribution in [0.15, 0.2) is 48.5 Å². The number of ether oxygens (including phenoxy) is 1. The molecule has 0 radical (unpaired) electrons. The molecule has 2 aromatic carbocycles. The highest BCUT2D eigenvalue weighted by molar-refractivity contribution is 5.89. The van der Waals surface area contributed by atoms with Crippen LogP contribution in [-0.2, 0) is 4.79 Å². The summed E-state index contributed by atoms with van der Waals surface area (Å²) in [5, 5.41) is 3.63. The number of carbonyl (C=O) groups excluding carboxylic acids is 1. The van der Waals surface area contributed by atoms with Crippen molar-refractivity contribution >= 4 is 22.6 Å². The first kappa shape index (κ1) is 18.6. The Labute approximate surface area is 158 Å². The van der Waals surface area contributed by atoms with Crippen molar-refractivity contribution in [3.8, 4) is 17.1 Å². The van der Waals surface area contributed by atoms with E-state index in [1.54, 1.807) is 12.1 Å². The molecule has 7 heteroatoms. The number of nitrogens with two attached hydrogens (primary N) is 1. The number of hydrogen-bond acceptors (Lipinski definition) is 6. The van der Waals surface area contributed by atoms with Gasteiger partial charge in [-0.2, -0.15) is 0 Å². The molecule has 3 aromatic rings. The van der Waals surface area contributed by atoms with Crippen LogP contribution < -0.4 is 15.8 Å². The molecule has 0 unspecified atom stereocenters. The molecular formula is C20H23N5O2. The molecule has 1 amide bonds. The Bertz CT molecular complexity index is 943. The lowest BCUT2D eigenvalue weighted by Crippen LogP contribution is -2.34. The number of fused-ring (bicyclic) bond motifs is 1. The minimum atomic E-state index is -0.159. The quantitative estimate of drug-likeness (QED) is 0.665. The fraction of sp³-hybridized carbons (Fsp3) is 0.250. The van der Waals surface area contributed by atoms with Crippen molar-refractivity contribution in [3.63, 3.8) is 0 Å². The number of nitrogens with one attached hydrogen (secondary N) is 1. The minimum absolute atomic E-state index is 0.0440. The van der Waals surface area contributed by atoms with E-state index < -0.39 is 0 Å². The number of para-hydroxylation sites is 1. The third kappa shape index (κ3) is 4.92. The minimum Gasteiger partial charge on any atom is -0.484 e. The zero-order valence-corrected chi connectivity index (χ0v) is 15.5. The lowest BCUT2D eigenvalue weighted by molar-refractivity contribution is -0.123. The second-order valence-electron chi connectivity index (χ2n) is 6.42. The summed E-state index contributed by atoms with van der Waals surface area (Å²) in [5.74, 6) is 1.37. The Morgan fingerprint density at radius 3 is 2.78 bits per heavy atom. The molecule has 0 aliphatic carbocycles. The van der Waals surface area contributed by atoms with Crippen molar-refractivity contribution in [1.82, 2.24) is 20.2 Å². The maximum Gasteiger partial charge on any atom is 0.257 e. The van der Waals surface area contributed by atoms with E-state index in [1.165, 1.54) is 0 Å². The molecule has 0 atom stereocenters. The van der Waals surface area contributed by atoms with Gasteiger partial charge in [-0.05, 0) is 38.4 Å². The summed E-state index contributed by atoms with van der Waals surface area (Å²) < 4.78 is 5.59. The van der Waals surface area contributed by atoms with Gasteiger partial charge >= 0.3 is 0 Å². The molecule has 0 aliphatic rings. The van der Waals surface area contributed by atoms with Crippen LogP contribution in [0.1, 0.15) is 0 Å². The van der Waals surface area contributed by atoms with E-state index in [-0.39, 0.29) is 12.5 Å². The topological polar surface area (TPSA) is 93.4 Å². The van der Waals surface area contributed by atoms with E-state index in [2.05, 4.69) is 15.3 Å². The van der Waals surface area contributed by atoms with Gasteiger partial charge in [0.1, 0.15) is 11.6 Å². The first-order valence-corrected chi connectivity index (χ1v) is 8.70. The standard InChI is InChI=1S/C20H23N5O2/c1-25(2)11-10-22-18(26)13-27-15-7-5-6-14(12-15)20-23-17-9-4-3-8-16(17)19(21)24-20/h3-9,12H,10-11,13H2,1-2H3,(H,22,26)(H2,21,23,24). The van der Waals surface area contributed by atoms with Gasteiger partial charge in [0, 0.05) is 24.0 Å². The molecule has 140 valence electrons. The highest BCUT2D eigenvalue weighted by atomic mass is 16.5. The maximum atomic E-state index is 11.8. The molecule has 0 saturated carbocycles. The van der Waals surface area contributed by atoms with Crippen LogP contribution >= 0.6 is 0 Å². The van der Waals surface area contributed by atoms with Crippen molar-refractivity contribution in [2.75, 3.05) is 39.5 Å². The summed E-state index contributed by atoms with van der Waals surface area (Å²) in [6, 6.07) is 14.9. The molecule has 1 heterocycles. The fourth-order valence-corrected chi connectivity index (χ4v) is 2.57. The lowest BCUT2D eigenvalue weighted by Gasteiger charge is -2.11. The Morgan fingerprint density at radius 1 is 1.15 bits per heavy atom. The van der Waals surface area contributed by atoms with Crippen LogP contribution in [0.4, 0.5) is 5.82 Å². The van der Waals surface area contributed by atoms with E-state index in [4.69, 9.17) is 10.5 Å². The molecule has 0 spiro atoms. The van der Waals surface area contributed by atoms with Crippen molar-refractivity contribution in [2.24, 2.45) is 0 Å². The number of carbonyl (C=O) groups is 1. The Balaban J connectivity index is 1.70. The van der Waals surface area contributed by atoms with Gasteiger partial charge in [0.05, 0.1) is 5.52 Å². The van der Waals surface area contributed by atoms with Gasteiger partial charge in [-0.25, -0.2) is 9.97 Å². The Kier molecular flexibility index (Phi) is 5.83. The molecule has 0 fully saturated rings. The highest BCUT2D eigenvalue weighted by Crippen LogP contribution is 2.25. The molecule has 27 heavy (non-hydrogen) atoms. The SMILES string of the molecule is CN(C)CCNC(=O)COc1cccc(-c2nc(N)c3ccccc3n2)c1. The molecule has 3 N–H and O–H groups in total. The monoisotopic (exact) mass is 365 g/mol. The molecule has 1 aromatic heterocycles. The van der Waals surface area contributed by atoms with E-state index in [1.807, 2.05) is 55.4 Å². The van der Waals surface area contributed by atoms with Gasteiger partial charge < -0.3 is 20.7 Å². The van der Waals surface area contributed by atoms with Crippen molar-refractivity contribution in [3.05, 3.63) is 48.5 Å². The first-order chi connectivity index (χ1) is 13.0. The van der Waals surface area contributed by atoms with E-state index >= 15 is 0 Å². The number of benzene rings is 2. The summed E-state index contributed by atoms with van der Waals surface area (Å²) in [6.07, 6.45) is 0. The van der Waals surface area contributed by atoms with E-state index in [0.717, 1.165) is 23.0 Å². The largest absolute Gasteiger partial charge is 0.484 e. The number of nitrogen functional groups attached to an aromatic ring is 1. The maximum absolute atomic E-state index is 11.8. The average Bonchev–Trinajstić information content (AvgIpc) is 2.66. The van der Waals surface area contributed by atoms with Crippen LogP contribution in [-0.4, -0.2) is 54.6 Å². The molecular weight excluding hydrogens is 342 g/mol. The number of amides is 1. The second kappa shape index (κ2) is 8.46. The number of nitrogens with zero attached hydrogens (tertiary/aromatic N) is 3. The molecule has 0 saturated heterocycles. The van der Waals surface area contributed by atoms with Crippen molar-refractivity contribution < 1.29 is 9.53 Å². The molecule has 3 rings (SSSR count). The van der Waals surface area contributed by atoms with Crippen LogP contribution in [0, 0.1) is 0 Å². The summed E-state index contributed by atoms with van der Waals surface area (Å²) in [4.78, 5) is 22.8. The van der Waals surface area contributed by atoms with Crippen molar-refractivity contribution in [1.29, 1.82) is 0 Å². The Morgan fingerprint density at radius 2 is 1.96 bits per heavy atom. The summed E-state index contributed by atoms with van der Waals surface area (Å²) >= 11 is 0. The Hall–Kier alpha value is -3.19. The summed E-state index contributed by atoms with van der Waals surface area (Å²) in [7, 11) is 3.91. The van der Waals surface area contributed by atoms with Gasteiger partial charge in [0.15, 0.2) is 12.4 Å². The third-order valence-corrected chi connectivity index (χ3v) is 3.98. The van der Waals surface area contributed by atoms with Crippen LogP contribution in [0.2, 0.25) is 0 Å². The van der Waals surface area contributed by atoms with Gasteiger partial charge in [-0.3, -0.25) is 4.79 Å². The normalized spacial score (nSPS) is 10.9. The number of hydrogen-bond donors (Lipinski definition) is 2. The number of rotatable bonds is 7. The third-order valence-electron chi connectivity index (χ3n) is 3.98. The van der Waals surface area contributed by atoms with Gasteiger partial charge in [0.2, 0.25) is 0 Å². The lowest BCUT2D eigenvalue weighted by atomic mass is 10.1. The van der Waals surface area contributed by atoms with Gasteiger partial charge in [-0.15, -0.1) is 0 Å². The second-order valence-corrected chi connectivity index (χ2v) is 6.42. The van der Waals surface area contributed by atoms with Crippen LogP contribution in [0.25, 0.3) is 22.3 Å². The van der Waals surface area contributed by atoms with E-state index in [9.17, 15) is 4.79 Å². The zero-order valence-electron chi connectivity index (χ0n) is 15.5. The number of anilines is 1. The van der Waals surface area contributed by atoms with Crippen LogP contribution in [0.5, 0.6) is 5.75 Å². The van der Waals surface area contributed by atoms with Gasteiger partial charge in [0.25, 0.3) is 5.91 Å². The van der Waals surface area contributed by atoms with E-state index in [0.29, 0.717) is 23.9 Å². The average molecular weight is 365 g/mol. The number of likely N-dealkylation sites (N-methyl/N-ethyl adjacent to an activating group) is 1. The summed E-state index contributed by atoms with van der Waals surface area (Å²) in [6.45, 7) is 1.32. The summed E-state index contributed by atoms with van der Waals surface area (Å²) in [5.41, 5.74) is 7.62. The molecule has 0 aliphatic heterocycles. The van der Waals surface area contributed by atoms with Crippen LogP contribution in [0.3, 0.4) is 0 Å². The highest BCUT2D eigenvalue weighted by Gasteiger charge is 2.09. The first-order valence-electron chi connectivity index (χ1n) is 8.70. The fourth-order valence-electron chi connectivity index (χ4n) is 2.57.